The summed E-state index contributed by atoms with van der Waals surface area (Å²) in [4.78, 5) is 13.1. The van der Waals surface area contributed by atoms with E-state index < -0.39 is 5.95 Å². The predicted molar refractivity (Wildman–Crippen MR) is 93.1 cm³/mol. The van der Waals surface area contributed by atoms with E-state index in [1.807, 2.05) is 20.8 Å². The van der Waals surface area contributed by atoms with Crippen molar-refractivity contribution in [2.75, 3.05) is 0 Å². The first kappa shape index (κ1) is 17.1. The normalized spacial score (nSPS) is 12.0. The molecule has 27 heavy (non-hydrogen) atoms. The van der Waals surface area contributed by atoms with E-state index in [-0.39, 0.29) is 5.41 Å². The quantitative estimate of drug-likeness (QED) is 0.507. The Labute approximate surface area is 153 Å². The summed E-state index contributed by atoms with van der Waals surface area (Å²) in [6.45, 7) is 8.16. The second-order valence-electron chi connectivity index (χ2n) is 7.23. The van der Waals surface area contributed by atoms with Gasteiger partial charge in [0.25, 0.3) is 0 Å². The molecule has 0 unspecified atom stereocenters. The van der Waals surface area contributed by atoms with E-state index in [2.05, 4.69) is 35.6 Å². The maximum Gasteiger partial charge on any atom is 0.212 e. The Kier molecular flexibility index (Phi) is 3.90. The zero-order valence-electron chi connectivity index (χ0n) is 15.3. The lowest BCUT2D eigenvalue weighted by atomic mass is 9.95. The van der Waals surface area contributed by atoms with Gasteiger partial charge >= 0.3 is 0 Å². The minimum Gasteiger partial charge on any atom is -0.244 e. The van der Waals surface area contributed by atoms with Gasteiger partial charge in [-0.05, 0) is 19.1 Å². The third kappa shape index (κ3) is 3.14. The van der Waals surface area contributed by atoms with Gasteiger partial charge in [-0.25, -0.2) is 24.3 Å². The molecular weight excluding hydrogens is 351 g/mol. The van der Waals surface area contributed by atoms with Crippen molar-refractivity contribution in [2.24, 2.45) is 0 Å². The van der Waals surface area contributed by atoms with Crippen molar-refractivity contribution in [3.05, 3.63) is 41.5 Å². The van der Waals surface area contributed by atoms with E-state index in [0.29, 0.717) is 46.2 Å². The first-order valence-corrected chi connectivity index (χ1v) is 8.34. The van der Waals surface area contributed by atoms with E-state index in [4.69, 9.17) is 4.63 Å². The maximum absolute atomic E-state index is 13.2. The van der Waals surface area contributed by atoms with Crippen molar-refractivity contribution in [3.8, 4) is 11.3 Å². The molecule has 4 aromatic heterocycles. The maximum atomic E-state index is 13.2. The van der Waals surface area contributed by atoms with Crippen LogP contribution in [0.3, 0.4) is 0 Å². The van der Waals surface area contributed by atoms with Gasteiger partial charge in [0.15, 0.2) is 11.2 Å². The Balaban J connectivity index is 1.92. The number of halogens is 1. The second kappa shape index (κ2) is 6.15. The largest absolute Gasteiger partial charge is 0.244 e. The van der Waals surface area contributed by atoms with Crippen LogP contribution in [-0.4, -0.2) is 40.3 Å². The molecule has 10 heteroatoms. The summed E-state index contributed by atoms with van der Waals surface area (Å²) < 4.78 is 19.6. The molecule has 0 N–H and O–H groups in total. The number of rotatable bonds is 3. The lowest BCUT2D eigenvalue weighted by Crippen LogP contribution is -2.17. The van der Waals surface area contributed by atoms with Crippen LogP contribution in [0.15, 0.2) is 23.0 Å². The Morgan fingerprint density at radius 2 is 1.96 bits per heavy atom. The van der Waals surface area contributed by atoms with Crippen molar-refractivity contribution in [1.29, 1.82) is 0 Å². The third-order valence-corrected chi connectivity index (χ3v) is 4.08. The molecule has 9 nitrogen and oxygen atoms in total. The fourth-order valence-corrected chi connectivity index (χ4v) is 2.55. The molecule has 0 spiro atoms. The number of aryl methyl sites for hydroxylation is 1. The van der Waals surface area contributed by atoms with Gasteiger partial charge < -0.3 is 0 Å². The van der Waals surface area contributed by atoms with Gasteiger partial charge in [-0.1, -0.05) is 36.3 Å². The molecule has 0 aliphatic heterocycles. The zero-order chi connectivity index (χ0) is 19.2. The van der Waals surface area contributed by atoms with E-state index in [1.165, 1.54) is 12.3 Å². The summed E-state index contributed by atoms with van der Waals surface area (Å²) in [5.41, 5.74) is 3.26. The van der Waals surface area contributed by atoms with E-state index in [0.717, 1.165) is 0 Å². The number of nitrogens with zero attached hydrogens (tertiary/aromatic N) is 8. The summed E-state index contributed by atoms with van der Waals surface area (Å²) in [5, 5.41) is 16.1. The van der Waals surface area contributed by atoms with Gasteiger partial charge in [-0.2, -0.15) is 4.39 Å². The minimum absolute atomic E-state index is 0.309. The highest BCUT2D eigenvalue weighted by molar-refractivity contribution is 5.86. The molecular formula is C17H17FN8O. The first-order valence-electron chi connectivity index (χ1n) is 8.34. The molecule has 0 aliphatic carbocycles. The number of fused-ring (bicyclic) bond motifs is 1. The summed E-state index contributed by atoms with van der Waals surface area (Å²) in [6.07, 6.45) is 1.42. The van der Waals surface area contributed by atoms with Crippen LogP contribution in [0, 0.1) is 12.9 Å². The van der Waals surface area contributed by atoms with Crippen LogP contribution >= 0.6 is 0 Å². The molecule has 4 aromatic rings. The molecule has 4 rings (SSSR count). The monoisotopic (exact) mass is 368 g/mol. The summed E-state index contributed by atoms with van der Waals surface area (Å²) >= 11 is 0. The van der Waals surface area contributed by atoms with Crippen molar-refractivity contribution < 1.29 is 9.02 Å². The second-order valence-corrected chi connectivity index (χ2v) is 7.23. The van der Waals surface area contributed by atoms with Gasteiger partial charge in [-0.3, -0.25) is 0 Å². The Hall–Kier alpha value is -3.30. The van der Waals surface area contributed by atoms with E-state index in [1.54, 1.807) is 17.7 Å². The lowest BCUT2D eigenvalue weighted by Gasteiger charge is -2.17. The average Bonchev–Trinajstić information content (AvgIpc) is 3.21. The fraction of sp³-hybridized carbons (Fsp3) is 0.353. The Morgan fingerprint density at radius 3 is 2.59 bits per heavy atom. The van der Waals surface area contributed by atoms with Crippen molar-refractivity contribution in [1.82, 2.24) is 40.3 Å². The molecule has 0 bridgehead atoms. The Morgan fingerprint density at radius 1 is 1.15 bits per heavy atom. The summed E-state index contributed by atoms with van der Waals surface area (Å²) in [6, 6.07) is 2.90. The zero-order valence-corrected chi connectivity index (χ0v) is 15.3. The molecule has 0 aliphatic rings. The highest BCUT2D eigenvalue weighted by atomic mass is 19.1. The highest BCUT2D eigenvalue weighted by Gasteiger charge is 2.24. The molecule has 0 radical (unpaired) electrons. The van der Waals surface area contributed by atoms with Gasteiger partial charge in [0.1, 0.15) is 22.9 Å². The standard InChI is InChI=1S/C17H17FN8O/c1-9-11(24-27-23-9)8-26-15-14(22-25-26)13(10-5-6-12(18)19-7-10)20-16(21-15)17(2,3)4/h5-7H,8H2,1-4H3. The van der Waals surface area contributed by atoms with Crippen molar-refractivity contribution in [3.63, 3.8) is 0 Å². The molecule has 0 aromatic carbocycles. The molecule has 0 amide bonds. The third-order valence-electron chi connectivity index (χ3n) is 4.08. The smallest absolute Gasteiger partial charge is 0.212 e. The average molecular weight is 368 g/mol. The van der Waals surface area contributed by atoms with Crippen LogP contribution in [0.4, 0.5) is 4.39 Å². The van der Waals surface area contributed by atoms with Gasteiger partial charge in [0.2, 0.25) is 5.95 Å². The van der Waals surface area contributed by atoms with Crippen LogP contribution in [0.25, 0.3) is 22.4 Å². The number of hydrogen-bond donors (Lipinski definition) is 0. The fourth-order valence-electron chi connectivity index (χ4n) is 2.55. The molecule has 4 heterocycles. The molecule has 0 atom stereocenters. The molecule has 0 saturated carbocycles. The first-order chi connectivity index (χ1) is 12.8. The molecule has 138 valence electrons. The number of pyridine rings is 1. The van der Waals surface area contributed by atoms with E-state index >= 15 is 0 Å². The van der Waals surface area contributed by atoms with Gasteiger partial charge in [0.05, 0.1) is 6.54 Å². The number of aromatic nitrogens is 8. The summed E-state index contributed by atoms with van der Waals surface area (Å²) in [7, 11) is 0. The van der Waals surface area contributed by atoms with Crippen molar-refractivity contribution in [2.45, 2.75) is 39.7 Å². The predicted octanol–water partition coefficient (Wildman–Crippen LogP) is 2.46. The lowest BCUT2D eigenvalue weighted by molar-refractivity contribution is 0.300. The summed E-state index contributed by atoms with van der Waals surface area (Å²) in [5.74, 6) is 0.0608. The Bertz CT molecular complexity index is 1110. The molecule has 0 fully saturated rings. The van der Waals surface area contributed by atoms with Crippen molar-refractivity contribution >= 4 is 11.2 Å². The minimum atomic E-state index is -0.558. The van der Waals surface area contributed by atoms with Gasteiger partial charge in [-0.15, -0.1) is 5.10 Å². The van der Waals surface area contributed by atoms with Crippen LogP contribution in [0.1, 0.15) is 38.0 Å². The van der Waals surface area contributed by atoms with Crippen LogP contribution in [0.2, 0.25) is 0 Å². The number of hydrogen-bond acceptors (Lipinski definition) is 8. The topological polar surface area (TPSA) is 108 Å². The van der Waals surface area contributed by atoms with Crippen LogP contribution in [-0.2, 0) is 12.0 Å². The van der Waals surface area contributed by atoms with Gasteiger partial charge in [0, 0.05) is 17.2 Å². The SMILES string of the molecule is Cc1nonc1Cn1nnc2c(-c3ccc(F)nc3)nc(C(C)(C)C)nc21. The molecule has 0 saturated heterocycles. The van der Waals surface area contributed by atoms with Crippen LogP contribution in [0.5, 0.6) is 0 Å². The van der Waals surface area contributed by atoms with E-state index in [9.17, 15) is 4.39 Å². The van der Waals surface area contributed by atoms with Crippen LogP contribution < -0.4 is 0 Å². The highest BCUT2D eigenvalue weighted by Crippen LogP contribution is 2.28.